The molecule has 4 heterocycles. The van der Waals surface area contributed by atoms with Crippen LogP contribution in [0.5, 0.6) is 0 Å². The molecule has 4 rings (SSSR count). The number of nitrogens with zero attached hydrogens (tertiary/aromatic N) is 6. The van der Waals surface area contributed by atoms with Gasteiger partial charge in [-0.2, -0.15) is 13.2 Å². The number of aromatic nitrogens is 5. The first-order valence-corrected chi connectivity index (χ1v) is 10.0. The van der Waals surface area contributed by atoms with Crippen LogP contribution in [0.15, 0.2) is 43.0 Å². The number of likely N-dealkylation sites (tertiary alicyclic amines) is 1. The maximum atomic E-state index is 13.3. The van der Waals surface area contributed by atoms with Crippen molar-refractivity contribution in [3.8, 4) is 11.4 Å². The molecule has 0 unspecified atom stereocenters. The summed E-state index contributed by atoms with van der Waals surface area (Å²) in [5.74, 6) is 0.389. The van der Waals surface area contributed by atoms with Crippen molar-refractivity contribution in [2.75, 3.05) is 18.4 Å². The van der Waals surface area contributed by atoms with E-state index in [0.717, 1.165) is 19.0 Å². The fourth-order valence-electron chi connectivity index (χ4n) is 3.53. The summed E-state index contributed by atoms with van der Waals surface area (Å²) in [6.07, 6.45) is 1.86. The lowest BCUT2D eigenvalue weighted by atomic mass is 10.0. The number of halogens is 3. The summed E-state index contributed by atoms with van der Waals surface area (Å²) in [5.41, 5.74) is 0.459. The average molecular weight is 443 g/mol. The van der Waals surface area contributed by atoms with E-state index in [1.54, 1.807) is 42.4 Å². The van der Waals surface area contributed by atoms with Gasteiger partial charge in [0.25, 0.3) is 5.91 Å². The third kappa shape index (κ3) is 4.82. The van der Waals surface area contributed by atoms with Crippen molar-refractivity contribution < 1.29 is 18.0 Å². The van der Waals surface area contributed by atoms with Gasteiger partial charge in [0.1, 0.15) is 11.5 Å². The molecule has 11 heteroatoms. The second-order valence-electron chi connectivity index (χ2n) is 7.44. The second-order valence-corrected chi connectivity index (χ2v) is 7.44. The Morgan fingerprint density at radius 1 is 1.12 bits per heavy atom. The van der Waals surface area contributed by atoms with Crippen molar-refractivity contribution >= 4 is 11.7 Å². The molecule has 1 saturated heterocycles. The zero-order valence-corrected chi connectivity index (χ0v) is 17.2. The molecule has 0 radical (unpaired) electrons. The molecular weight excluding hydrogens is 423 g/mol. The number of carbonyl (C=O) groups is 1. The highest BCUT2D eigenvalue weighted by Crippen LogP contribution is 2.27. The van der Waals surface area contributed by atoms with Crippen LogP contribution in [0.3, 0.4) is 0 Å². The van der Waals surface area contributed by atoms with Gasteiger partial charge in [0, 0.05) is 37.2 Å². The Hall–Kier alpha value is -3.63. The van der Waals surface area contributed by atoms with Gasteiger partial charge in [-0.3, -0.25) is 4.79 Å². The quantitative estimate of drug-likeness (QED) is 0.660. The van der Waals surface area contributed by atoms with Gasteiger partial charge in [0.2, 0.25) is 0 Å². The number of amides is 1. The van der Waals surface area contributed by atoms with Crippen LogP contribution in [0, 0.1) is 6.92 Å². The van der Waals surface area contributed by atoms with Gasteiger partial charge < -0.3 is 10.2 Å². The van der Waals surface area contributed by atoms with Crippen LogP contribution in [0.2, 0.25) is 0 Å². The molecule has 0 saturated carbocycles. The number of carbonyl (C=O) groups excluding carboxylic acids is 1. The molecule has 1 amide bonds. The Morgan fingerprint density at radius 3 is 2.59 bits per heavy atom. The zero-order chi connectivity index (χ0) is 22.7. The van der Waals surface area contributed by atoms with Crippen LogP contribution in [-0.2, 0) is 6.18 Å². The largest absolute Gasteiger partial charge is 0.434 e. The maximum Gasteiger partial charge on any atom is 0.434 e. The van der Waals surface area contributed by atoms with Gasteiger partial charge in [-0.1, -0.05) is 0 Å². The van der Waals surface area contributed by atoms with E-state index in [0.29, 0.717) is 36.4 Å². The predicted octanol–water partition coefficient (Wildman–Crippen LogP) is 3.37. The fourth-order valence-corrected chi connectivity index (χ4v) is 3.53. The van der Waals surface area contributed by atoms with Crippen molar-refractivity contribution in [2.45, 2.75) is 32.0 Å². The molecule has 1 fully saturated rings. The lowest BCUT2D eigenvalue weighted by Gasteiger charge is -2.33. The van der Waals surface area contributed by atoms with Crippen LogP contribution in [0.1, 0.15) is 34.7 Å². The molecule has 1 aliphatic rings. The monoisotopic (exact) mass is 443 g/mol. The number of alkyl halides is 3. The number of piperidine rings is 1. The highest BCUT2D eigenvalue weighted by molar-refractivity contribution is 5.98. The number of hydrogen-bond acceptors (Lipinski definition) is 7. The van der Waals surface area contributed by atoms with E-state index in [-0.39, 0.29) is 23.5 Å². The Balaban J connectivity index is 1.50. The standard InChI is InChI=1S/C21H20F3N7O/c1-13-5-6-15(19-25-7-3-8-26-19)18(29-13)20(32)31-9-2-4-14(12-31)30-17-11-27-16(10-28-17)21(22,23)24/h3,5-8,10-11,14H,2,4,9,12H2,1H3,(H,28,30)/t14-/m1/s1. The van der Waals surface area contributed by atoms with Crippen molar-refractivity contribution in [1.82, 2.24) is 29.8 Å². The average Bonchev–Trinajstić information content (AvgIpc) is 2.79. The van der Waals surface area contributed by atoms with Crippen molar-refractivity contribution in [3.63, 3.8) is 0 Å². The molecule has 1 atom stereocenters. The number of anilines is 1. The minimum atomic E-state index is -4.54. The number of nitrogens with one attached hydrogen (secondary N) is 1. The molecule has 0 bridgehead atoms. The lowest BCUT2D eigenvalue weighted by molar-refractivity contribution is -0.141. The topological polar surface area (TPSA) is 96.8 Å². The summed E-state index contributed by atoms with van der Waals surface area (Å²) in [4.78, 5) is 35.1. The summed E-state index contributed by atoms with van der Waals surface area (Å²) in [6, 6.07) is 5.09. The Kier molecular flexibility index (Phi) is 5.97. The minimum Gasteiger partial charge on any atom is -0.364 e. The summed E-state index contributed by atoms with van der Waals surface area (Å²) in [7, 11) is 0. The molecule has 32 heavy (non-hydrogen) atoms. The highest BCUT2D eigenvalue weighted by Gasteiger charge is 2.33. The summed E-state index contributed by atoms with van der Waals surface area (Å²) in [5, 5.41) is 3.07. The SMILES string of the molecule is Cc1ccc(-c2ncccn2)c(C(=O)N2CCC[C@@H](Nc3cnc(C(F)(F)F)cn3)C2)n1. The lowest BCUT2D eigenvalue weighted by Crippen LogP contribution is -2.45. The van der Waals surface area contributed by atoms with Gasteiger partial charge in [0.15, 0.2) is 11.5 Å². The Morgan fingerprint density at radius 2 is 1.91 bits per heavy atom. The van der Waals surface area contributed by atoms with E-state index in [1.807, 2.05) is 0 Å². The Bertz CT molecular complexity index is 1090. The van der Waals surface area contributed by atoms with Gasteiger partial charge in [-0.05, 0) is 38.0 Å². The van der Waals surface area contributed by atoms with E-state index < -0.39 is 11.9 Å². The van der Waals surface area contributed by atoms with Crippen LogP contribution >= 0.6 is 0 Å². The number of rotatable bonds is 4. The molecule has 8 nitrogen and oxygen atoms in total. The third-order valence-corrected chi connectivity index (χ3v) is 5.05. The number of pyridine rings is 1. The van der Waals surface area contributed by atoms with Gasteiger partial charge in [0.05, 0.1) is 18.0 Å². The zero-order valence-electron chi connectivity index (χ0n) is 17.2. The smallest absolute Gasteiger partial charge is 0.364 e. The molecule has 0 aliphatic carbocycles. The van der Waals surface area contributed by atoms with E-state index in [1.165, 1.54) is 0 Å². The van der Waals surface area contributed by atoms with Crippen molar-refractivity contribution in [2.24, 2.45) is 0 Å². The van der Waals surface area contributed by atoms with Gasteiger partial charge in [-0.25, -0.2) is 24.9 Å². The molecule has 166 valence electrons. The first-order valence-electron chi connectivity index (χ1n) is 10.0. The molecule has 1 aliphatic heterocycles. The van der Waals surface area contributed by atoms with Crippen LogP contribution in [0.25, 0.3) is 11.4 Å². The van der Waals surface area contributed by atoms with E-state index in [2.05, 4.69) is 30.2 Å². The fraction of sp³-hybridized carbons (Fsp3) is 0.333. The third-order valence-electron chi connectivity index (χ3n) is 5.05. The van der Waals surface area contributed by atoms with Gasteiger partial charge in [-0.15, -0.1) is 0 Å². The minimum absolute atomic E-state index is 0.181. The second kappa shape index (κ2) is 8.85. The predicted molar refractivity (Wildman–Crippen MR) is 110 cm³/mol. The van der Waals surface area contributed by atoms with Gasteiger partial charge >= 0.3 is 6.18 Å². The summed E-state index contributed by atoms with van der Waals surface area (Å²) >= 11 is 0. The number of aryl methyl sites for hydroxylation is 1. The Labute approximate surface area is 182 Å². The normalized spacial score (nSPS) is 16.6. The molecular formula is C21H20F3N7O. The summed E-state index contributed by atoms with van der Waals surface area (Å²) in [6.45, 7) is 2.70. The first-order chi connectivity index (χ1) is 15.3. The van der Waals surface area contributed by atoms with Crippen LogP contribution in [0.4, 0.5) is 19.0 Å². The molecule has 1 N–H and O–H groups in total. The molecule has 0 aromatic carbocycles. The maximum absolute atomic E-state index is 13.3. The molecule has 0 spiro atoms. The number of hydrogen-bond donors (Lipinski definition) is 1. The van der Waals surface area contributed by atoms with E-state index in [9.17, 15) is 18.0 Å². The van der Waals surface area contributed by atoms with E-state index >= 15 is 0 Å². The molecule has 3 aromatic heterocycles. The highest BCUT2D eigenvalue weighted by atomic mass is 19.4. The van der Waals surface area contributed by atoms with Crippen LogP contribution in [-0.4, -0.2) is 54.9 Å². The summed E-state index contributed by atoms with van der Waals surface area (Å²) < 4.78 is 38.0. The van der Waals surface area contributed by atoms with Crippen LogP contribution < -0.4 is 5.32 Å². The molecule has 3 aromatic rings. The van der Waals surface area contributed by atoms with Crippen molar-refractivity contribution in [1.29, 1.82) is 0 Å². The van der Waals surface area contributed by atoms with E-state index in [4.69, 9.17) is 0 Å². The van der Waals surface area contributed by atoms with Crippen molar-refractivity contribution in [3.05, 3.63) is 60.1 Å². The first kappa shape index (κ1) is 21.6.